The predicted octanol–water partition coefficient (Wildman–Crippen LogP) is 4.36. The van der Waals surface area contributed by atoms with Gasteiger partial charge in [-0.1, -0.05) is 34.4 Å². The molecule has 0 fully saturated rings. The molecule has 32 heavy (non-hydrogen) atoms. The highest BCUT2D eigenvalue weighted by molar-refractivity contribution is 6.34. The highest BCUT2D eigenvalue weighted by Crippen LogP contribution is 2.49. The van der Waals surface area contributed by atoms with Crippen molar-refractivity contribution in [3.63, 3.8) is 0 Å². The van der Waals surface area contributed by atoms with Crippen molar-refractivity contribution >= 4 is 40.7 Å². The third-order valence-corrected chi connectivity index (χ3v) is 5.44. The van der Waals surface area contributed by atoms with Gasteiger partial charge in [0.25, 0.3) is 11.5 Å². The molecule has 170 valence electrons. The van der Waals surface area contributed by atoms with Crippen LogP contribution in [0.25, 0.3) is 0 Å². The first-order valence-corrected chi connectivity index (χ1v) is 10.1. The van der Waals surface area contributed by atoms with E-state index in [1.54, 1.807) is 6.92 Å². The maximum absolute atomic E-state index is 14.1. The molecule has 2 N–H and O–H groups in total. The molecule has 1 heterocycles. The highest BCUT2D eigenvalue weighted by Gasteiger charge is 2.62. The molecule has 0 radical (unpaired) electrons. The van der Waals surface area contributed by atoms with Crippen LogP contribution in [0.15, 0.2) is 41.6 Å². The molecule has 0 aliphatic carbocycles. The first kappa shape index (κ1) is 23.9. The largest absolute Gasteiger partial charge is 0.435 e. The van der Waals surface area contributed by atoms with Gasteiger partial charge in [-0.3, -0.25) is 9.59 Å². The molecule has 6 nitrogen and oxygen atoms in total. The zero-order chi connectivity index (χ0) is 23.7. The lowest BCUT2D eigenvalue weighted by Crippen LogP contribution is -2.42. The van der Waals surface area contributed by atoms with E-state index in [1.807, 2.05) is 0 Å². The van der Waals surface area contributed by atoms with E-state index in [0.717, 1.165) is 12.1 Å². The summed E-state index contributed by atoms with van der Waals surface area (Å²) in [7, 11) is 1.44. The zero-order valence-corrected chi connectivity index (χ0v) is 18.5. The fourth-order valence-corrected chi connectivity index (χ4v) is 3.81. The van der Waals surface area contributed by atoms with Crippen LogP contribution in [0.5, 0.6) is 0 Å². The summed E-state index contributed by atoms with van der Waals surface area (Å²) in [5.74, 6) is -0.852. The van der Waals surface area contributed by atoms with Crippen LogP contribution < -0.4 is 10.6 Å². The summed E-state index contributed by atoms with van der Waals surface area (Å²) in [6.45, 7) is 1.43. The van der Waals surface area contributed by atoms with Crippen molar-refractivity contribution in [2.75, 3.05) is 13.6 Å². The summed E-state index contributed by atoms with van der Waals surface area (Å²) in [5, 5.41) is 8.63. The number of hydrogen-bond acceptors (Lipinski definition) is 4. The van der Waals surface area contributed by atoms with Gasteiger partial charge in [-0.05, 0) is 48.4 Å². The minimum atomic E-state index is -4.80. The minimum Gasteiger partial charge on any atom is -0.374 e. The van der Waals surface area contributed by atoms with Crippen LogP contribution in [-0.4, -0.2) is 37.3 Å². The average molecular weight is 488 g/mol. The van der Waals surface area contributed by atoms with Gasteiger partial charge < -0.3 is 15.5 Å². The zero-order valence-electron chi connectivity index (χ0n) is 16.9. The van der Waals surface area contributed by atoms with E-state index in [0.29, 0.717) is 11.1 Å². The molecular formula is C21H18Cl2F3N3O3. The lowest BCUT2D eigenvalue weighted by molar-refractivity contribution is -0.275. The standard InChI is InChI=1S/C21H18Cl2F3N3O3/c1-11-5-12(3-4-16(11)19(31)28-10-18(30)27-2)17-9-20(32-29-17,21(24,25)26)13-6-14(22)8-15(23)7-13/h3-8H,9-10H2,1-2H3,(H,27,30)(H,28,31). The number of hydrogen-bond donors (Lipinski definition) is 2. The van der Waals surface area contributed by atoms with Gasteiger partial charge in [-0.15, -0.1) is 0 Å². The Morgan fingerprint density at radius 2 is 1.81 bits per heavy atom. The van der Waals surface area contributed by atoms with E-state index in [4.69, 9.17) is 28.0 Å². The third kappa shape index (κ3) is 4.68. The van der Waals surface area contributed by atoms with Crippen molar-refractivity contribution in [2.45, 2.75) is 25.1 Å². The molecule has 1 aliphatic heterocycles. The molecular weight excluding hydrogens is 470 g/mol. The van der Waals surface area contributed by atoms with Gasteiger partial charge >= 0.3 is 6.18 Å². The molecule has 0 bridgehead atoms. The number of carbonyl (C=O) groups excluding carboxylic acids is 2. The van der Waals surface area contributed by atoms with Gasteiger partial charge in [-0.2, -0.15) is 13.2 Å². The molecule has 0 saturated heterocycles. The normalized spacial score (nSPS) is 18.0. The molecule has 0 spiro atoms. The fourth-order valence-electron chi connectivity index (χ4n) is 3.29. The van der Waals surface area contributed by atoms with Gasteiger partial charge in [0.05, 0.1) is 12.3 Å². The quantitative estimate of drug-likeness (QED) is 0.657. The van der Waals surface area contributed by atoms with E-state index in [1.165, 1.54) is 31.3 Å². The summed E-state index contributed by atoms with van der Waals surface area (Å²) in [6, 6.07) is 8.08. The Morgan fingerprint density at radius 1 is 1.16 bits per heavy atom. The number of oxime groups is 1. The van der Waals surface area contributed by atoms with Gasteiger partial charge in [0.1, 0.15) is 0 Å². The summed E-state index contributed by atoms with van der Waals surface area (Å²) in [4.78, 5) is 28.6. The lowest BCUT2D eigenvalue weighted by atomic mass is 9.86. The van der Waals surface area contributed by atoms with Gasteiger partial charge in [0, 0.05) is 34.6 Å². The molecule has 2 amide bonds. The number of aryl methyl sites for hydroxylation is 1. The number of nitrogens with one attached hydrogen (secondary N) is 2. The van der Waals surface area contributed by atoms with E-state index in [-0.39, 0.29) is 39.3 Å². The van der Waals surface area contributed by atoms with Crippen molar-refractivity contribution in [2.24, 2.45) is 5.16 Å². The lowest BCUT2D eigenvalue weighted by Gasteiger charge is -2.29. The monoisotopic (exact) mass is 487 g/mol. The number of rotatable bonds is 5. The molecule has 0 saturated carbocycles. The van der Waals surface area contributed by atoms with Crippen LogP contribution in [-0.2, 0) is 15.2 Å². The second-order valence-corrected chi connectivity index (χ2v) is 8.05. The SMILES string of the molecule is CNC(=O)CNC(=O)c1ccc(C2=NOC(c3cc(Cl)cc(Cl)c3)(C(F)(F)F)C2)cc1C. The first-order chi connectivity index (χ1) is 15.0. The number of nitrogens with zero attached hydrogens (tertiary/aromatic N) is 1. The predicted molar refractivity (Wildman–Crippen MR) is 114 cm³/mol. The Balaban J connectivity index is 1.88. The minimum absolute atomic E-state index is 0.0381. The number of halogens is 5. The molecule has 2 aromatic carbocycles. The Bertz CT molecular complexity index is 1090. The Labute approximate surface area is 191 Å². The van der Waals surface area contributed by atoms with Crippen molar-refractivity contribution < 1.29 is 27.6 Å². The van der Waals surface area contributed by atoms with Gasteiger partial charge in [-0.25, -0.2) is 0 Å². The van der Waals surface area contributed by atoms with Crippen LogP contribution in [0.3, 0.4) is 0 Å². The average Bonchev–Trinajstić information content (AvgIpc) is 3.18. The molecule has 1 atom stereocenters. The van der Waals surface area contributed by atoms with E-state index in [9.17, 15) is 22.8 Å². The molecule has 11 heteroatoms. The van der Waals surface area contributed by atoms with Crippen LogP contribution >= 0.6 is 23.2 Å². The number of likely N-dealkylation sites (N-methyl/N-ethyl adjacent to an activating group) is 1. The van der Waals surface area contributed by atoms with Crippen molar-refractivity contribution in [1.29, 1.82) is 0 Å². The number of alkyl halides is 3. The molecule has 1 aliphatic rings. The maximum Gasteiger partial charge on any atom is 0.435 e. The van der Waals surface area contributed by atoms with Crippen molar-refractivity contribution in [3.05, 3.63) is 68.7 Å². The number of carbonyl (C=O) groups is 2. The van der Waals surface area contributed by atoms with Crippen LogP contribution in [0.4, 0.5) is 13.2 Å². The third-order valence-electron chi connectivity index (χ3n) is 5.01. The van der Waals surface area contributed by atoms with E-state index >= 15 is 0 Å². The summed E-state index contributed by atoms with van der Waals surface area (Å²) in [6.07, 6.45) is -5.41. The van der Waals surface area contributed by atoms with Crippen molar-refractivity contribution in [3.8, 4) is 0 Å². The molecule has 2 aromatic rings. The maximum atomic E-state index is 14.1. The summed E-state index contributed by atoms with van der Waals surface area (Å²) < 4.78 is 42.3. The fraction of sp³-hybridized carbons (Fsp3) is 0.286. The van der Waals surface area contributed by atoms with Crippen molar-refractivity contribution in [1.82, 2.24) is 10.6 Å². The van der Waals surface area contributed by atoms with Crippen LogP contribution in [0, 0.1) is 6.92 Å². The number of amides is 2. The topological polar surface area (TPSA) is 79.8 Å². The molecule has 3 rings (SSSR count). The molecule has 0 aromatic heterocycles. The van der Waals surface area contributed by atoms with Gasteiger partial charge in [0.15, 0.2) is 0 Å². The Morgan fingerprint density at radius 3 is 2.38 bits per heavy atom. The molecule has 1 unspecified atom stereocenters. The number of benzene rings is 2. The Kier molecular flexibility index (Phi) is 6.71. The van der Waals surface area contributed by atoms with Crippen LogP contribution in [0.1, 0.15) is 33.5 Å². The highest BCUT2D eigenvalue weighted by atomic mass is 35.5. The smallest absolute Gasteiger partial charge is 0.374 e. The van der Waals surface area contributed by atoms with E-state index < -0.39 is 24.1 Å². The Hall–Kier alpha value is -2.78. The first-order valence-electron chi connectivity index (χ1n) is 9.35. The summed E-state index contributed by atoms with van der Waals surface area (Å²) >= 11 is 11.8. The van der Waals surface area contributed by atoms with Gasteiger partial charge in [0.2, 0.25) is 5.91 Å². The van der Waals surface area contributed by atoms with Crippen LogP contribution in [0.2, 0.25) is 10.0 Å². The second kappa shape index (κ2) is 8.99. The van der Waals surface area contributed by atoms with E-state index in [2.05, 4.69) is 15.8 Å². The second-order valence-electron chi connectivity index (χ2n) is 7.17. The summed E-state index contributed by atoms with van der Waals surface area (Å²) in [5.41, 5.74) is -1.81.